The first-order chi connectivity index (χ1) is 15.6. The summed E-state index contributed by atoms with van der Waals surface area (Å²) >= 11 is 0. The highest BCUT2D eigenvalue weighted by atomic mass is 19.1. The van der Waals surface area contributed by atoms with Gasteiger partial charge in [-0.3, -0.25) is 0 Å². The van der Waals surface area contributed by atoms with Crippen LogP contribution >= 0.6 is 0 Å². The molecular weight excluding hydrogens is 409 g/mol. The largest absolute Gasteiger partial charge is 0.494 e. The summed E-state index contributed by atoms with van der Waals surface area (Å²) in [4.78, 5) is 13.5. The molecule has 0 atom stereocenters. The highest BCUT2D eigenvalue weighted by molar-refractivity contribution is 5.57. The van der Waals surface area contributed by atoms with E-state index in [1.807, 2.05) is 29.9 Å². The van der Waals surface area contributed by atoms with E-state index in [0.717, 1.165) is 12.2 Å². The zero-order chi connectivity index (χ0) is 22.3. The SMILES string of the molecule is COc1ccc(Nc2nc(NCc3cccn3C)nc(NCC3CCCCC3)n2)cc1F. The van der Waals surface area contributed by atoms with Crippen LogP contribution in [-0.4, -0.2) is 33.2 Å². The van der Waals surface area contributed by atoms with Gasteiger partial charge in [0, 0.05) is 37.2 Å². The van der Waals surface area contributed by atoms with Crippen LogP contribution in [0.1, 0.15) is 37.8 Å². The minimum absolute atomic E-state index is 0.186. The van der Waals surface area contributed by atoms with Crippen LogP contribution in [0.5, 0.6) is 5.75 Å². The molecular formula is C23H30FN7O. The van der Waals surface area contributed by atoms with E-state index in [-0.39, 0.29) is 5.75 Å². The van der Waals surface area contributed by atoms with Gasteiger partial charge in [0.25, 0.3) is 0 Å². The molecule has 0 saturated heterocycles. The highest BCUT2D eigenvalue weighted by Gasteiger charge is 2.15. The minimum Gasteiger partial charge on any atom is -0.494 e. The van der Waals surface area contributed by atoms with Crippen molar-refractivity contribution in [1.29, 1.82) is 0 Å². The lowest BCUT2D eigenvalue weighted by molar-refractivity contribution is 0.373. The second-order valence-corrected chi connectivity index (χ2v) is 8.13. The van der Waals surface area contributed by atoms with Crippen molar-refractivity contribution >= 4 is 23.5 Å². The van der Waals surface area contributed by atoms with E-state index in [0.29, 0.717) is 36.0 Å². The van der Waals surface area contributed by atoms with Crippen LogP contribution in [-0.2, 0) is 13.6 Å². The second kappa shape index (κ2) is 10.3. The van der Waals surface area contributed by atoms with Crippen molar-refractivity contribution in [2.45, 2.75) is 38.6 Å². The quantitative estimate of drug-likeness (QED) is 0.445. The van der Waals surface area contributed by atoms with Gasteiger partial charge in [-0.05, 0) is 43.0 Å². The van der Waals surface area contributed by atoms with E-state index < -0.39 is 5.82 Å². The Balaban J connectivity index is 1.51. The smallest absolute Gasteiger partial charge is 0.233 e. The topological polar surface area (TPSA) is 88.9 Å². The van der Waals surface area contributed by atoms with Crippen LogP contribution in [0.3, 0.4) is 0 Å². The van der Waals surface area contributed by atoms with Crippen LogP contribution in [0.25, 0.3) is 0 Å². The summed E-state index contributed by atoms with van der Waals surface area (Å²) in [5, 5.41) is 9.71. The molecule has 2 heterocycles. The average molecular weight is 440 g/mol. The van der Waals surface area contributed by atoms with E-state index in [2.05, 4.69) is 30.9 Å². The fourth-order valence-corrected chi connectivity index (χ4v) is 3.94. The number of rotatable bonds is 9. The number of methoxy groups -OCH3 is 1. The minimum atomic E-state index is -0.454. The van der Waals surface area contributed by atoms with Gasteiger partial charge in [-0.25, -0.2) is 4.39 Å². The zero-order valence-electron chi connectivity index (χ0n) is 18.6. The van der Waals surface area contributed by atoms with Gasteiger partial charge < -0.3 is 25.3 Å². The van der Waals surface area contributed by atoms with Crippen molar-refractivity contribution in [2.24, 2.45) is 13.0 Å². The molecule has 2 aromatic heterocycles. The number of aromatic nitrogens is 4. The van der Waals surface area contributed by atoms with Crippen LogP contribution in [0.4, 0.5) is 27.9 Å². The number of hydrogen-bond acceptors (Lipinski definition) is 7. The molecule has 1 aliphatic rings. The molecule has 8 nitrogen and oxygen atoms in total. The first-order valence-corrected chi connectivity index (χ1v) is 11.1. The van der Waals surface area contributed by atoms with Gasteiger partial charge in [0.1, 0.15) is 0 Å². The van der Waals surface area contributed by atoms with E-state index in [1.54, 1.807) is 12.1 Å². The Kier molecular flexibility index (Phi) is 7.03. The Hall–Kier alpha value is -3.36. The second-order valence-electron chi connectivity index (χ2n) is 8.13. The predicted octanol–water partition coefficient (Wildman–Crippen LogP) is 4.71. The third kappa shape index (κ3) is 5.66. The van der Waals surface area contributed by atoms with E-state index in [9.17, 15) is 4.39 Å². The number of aryl methyl sites for hydroxylation is 1. The van der Waals surface area contributed by atoms with Crippen molar-refractivity contribution in [3.05, 3.63) is 48.0 Å². The van der Waals surface area contributed by atoms with E-state index in [1.165, 1.54) is 45.3 Å². The van der Waals surface area contributed by atoms with Crippen molar-refractivity contribution in [3.8, 4) is 5.75 Å². The molecule has 0 radical (unpaired) electrons. The van der Waals surface area contributed by atoms with E-state index in [4.69, 9.17) is 4.74 Å². The maximum absolute atomic E-state index is 14.1. The average Bonchev–Trinajstić information content (AvgIpc) is 3.22. The third-order valence-corrected chi connectivity index (χ3v) is 5.80. The number of nitrogens with one attached hydrogen (secondary N) is 3. The third-order valence-electron chi connectivity index (χ3n) is 5.80. The molecule has 4 rings (SSSR count). The Morgan fingerprint density at radius 2 is 1.78 bits per heavy atom. The van der Waals surface area contributed by atoms with Crippen LogP contribution < -0.4 is 20.7 Å². The maximum atomic E-state index is 14.1. The summed E-state index contributed by atoms with van der Waals surface area (Å²) in [5.74, 6) is 1.65. The Morgan fingerprint density at radius 3 is 2.47 bits per heavy atom. The molecule has 1 fully saturated rings. The number of ether oxygens (including phenoxy) is 1. The summed E-state index contributed by atoms with van der Waals surface area (Å²) in [6.45, 7) is 1.41. The summed E-state index contributed by atoms with van der Waals surface area (Å²) in [6.07, 6.45) is 8.33. The maximum Gasteiger partial charge on any atom is 0.233 e. The number of nitrogens with zero attached hydrogens (tertiary/aromatic N) is 4. The van der Waals surface area contributed by atoms with Crippen molar-refractivity contribution in [1.82, 2.24) is 19.5 Å². The number of anilines is 4. The first-order valence-electron chi connectivity index (χ1n) is 11.1. The predicted molar refractivity (Wildman–Crippen MR) is 124 cm³/mol. The summed E-state index contributed by atoms with van der Waals surface area (Å²) in [5.41, 5.74) is 1.63. The lowest BCUT2D eigenvalue weighted by atomic mass is 9.89. The van der Waals surface area contributed by atoms with E-state index >= 15 is 0 Å². The van der Waals surface area contributed by atoms with Crippen molar-refractivity contribution in [3.63, 3.8) is 0 Å². The Morgan fingerprint density at radius 1 is 1.03 bits per heavy atom. The fourth-order valence-electron chi connectivity index (χ4n) is 3.94. The molecule has 0 unspecified atom stereocenters. The number of benzene rings is 1. The molecule has 1 saturated carbocycles. The van der Waals surface area contributed by atoms with Gasteiger partial charge >= 0.3 is 0 Å². The van der Waals surface area contributed by atoms with Crippen molar-refractivity contribution in [2.75, 3.05) is 29.6 Å². The first kappa shape index (κ1) is 21.9. The molecule has 3 aromatic rings. The molecule has 3 N–H and O–H groups in total. The summed E-state index contributed by atoms with van der Waals surface area (Å²) in [6, 6.07) is 8.67. The van der Waals surface area contributed by atoms with Gasteiger partial charge in [0.15, 0.2) is 11.6 Å². The number of hydrogen-bond donors (Lipinski definition) is 3. The van der Waals surface area contributed by atoms with Gasteiger partial charge in [0.05, 0.1) is 13.7 Å². The molecule has 0 amide bonds. The molecule has 32 heavy (non-hydrogen) atoms. The lowest BCUT2D eigenvalue weighted by Crippen LogP contribution is -2.19. The monoisotopic (exact) mass is 439 g/mol. The van der Waals surface area contributed by atoms with Crippen LogP contribution in [0, 0.1) is 11.7 Å². The highest BCUT2D eigenvalue weighted by Crippen LogP contribution is 2.25. The molecule has 0 bridgehead atoms. The zero-order valence-corrected chi connectivity index (χ0v) is 18.6. The van der Waals surface area contributed by atoms with Crippen LogP contribution in [0.15, 0.2) is 36.5 Å². The fraction of sp³-hybridized carbons (Fsp3) is 0.435. The lowest BCUT2D eigenvalue weighted by Gasteiger charge is -2.21. The molecule has 9 heteroatoms. The molecule has 1 aromatic carbocycles. The molecule has 170 valence electrons. The van der Waals surface area contributed by atoms with Crippen molar-refractivity contribution < 1.29 is 9.13 Å². The molecule has 1 aliphatic carbocycles. The molecule has 0 spiro atoms. The Labute approximate surface area is 187 Å². The standard InChI is InChI=1S/C23H30FN7O/c1-31-12-6-9-18(31)15-26-22-28-21(25-14-16-7-4-3-5-8-16)29-23(30-22)27-17-10-11-20(32-2)19(24)13-17/h6,9-13,16H,3-5,7-8,14-15H2,1-2H3,(H3,25,26,27,28,29,30). The summed E-state index contributed by atoms with van der Waals surface area (Å²) < 4.78 is 21.1. The van der Waals surface area contributed by atoms with Gasteiger partial charge in [-0.15, -0.1) is 0 Å². The summed E-state index contributed by atoms with van der Waals surface area (Å²) in [7, 11) is 3.43. The van der Waals surface area contributed by atoms with Gasteiger partial charge in [0.2, 0.25) is 17.8 Å². The number of halogens is 1. The van der Waals surface area contributed by atoms with Gasteiger partial charge in [-0.2, -0.15) is 15.0 Å². The Bertz CT molecular complexity index is 1030. The normalized spacial score (nSPS) is 14.2. The van der Waals surface area contributed by atoms with Gasteiger partial charge in [-0.1, -0.05) is 19.3 Å². The van der Waals surface area contributed by atoms with Crippen LogP contribution in [0.2, 0.25) is 0 Å². The molecule has 0 aliphatic heterocycles.